The van der Waals surface area contributed by atoms with Gasteiger partial charge in [0.2, 0.25) is 10.0 Å². The molecule has 0 aliphatic carbocycles. The molecule has 168 valence electrons. The van der Waals surface area contributed by atoms with Crippen molar-refractivity contribution in [3.8, 4) is 11.5 Å². The van der Waals surface area contributed by atoms with Crippen LogP contribution in [0.5, 0.6) is 11.5 Å². The molecule has 3 aromatic carbocycles. The number of anilines is 1. The number of H-pyrrole nitrogens is 1. The molecule has 32 heavy (non-hydrogen) atoms. The van der Waals surface area contributed by atoms with Crippen LogP contribution >= 0.6 is 0 Å². The number of aromatic amines is 1. The molecular formula is C23H25N3O5S. The first kappa shape index (κ1) is 21.9. The molecule has 0 fully saturated rings. The molecule has 0 radical (unpaired) electrons. The molecule has 0 spiro atoms. The Morgan fingerprint density at radius 2 is 1.88 bits per heavy atom. The molecule has 0 saturated carbocycles. The number of phenolic OH excluding ortho intramolecular Hbond substituents is 1. The van der Waals surface area contributed by atoms with Crippen LogP contribution in [0, 0.1) is 0 Å². The fraction of sp³-hybridized carbons (Fsp3) is 0.217. The SMILES string of the molecule is CS(=O)(=O)Nc1cccc(C(O)CNCCOc2ccc3c(c2)[nH]c2ccc(O)cc23)c1. The zero-order chi connectivity index (χ0) is 22.7. The van der Waals surface area contributed by atoms with Crippen LogP contribution in [0.25, 0.3) is 21.8 Å². The lowest BCUT2D eigenvalue weighted by atomic mass is 10.1. The van der Waals surface area contributed by atoms with Crippen molar-refractivity contribution < 1.29 is 23.4 Å². The highest BCUT2D eigenvalue weighted by Gasteiger charge is 2.10. The second kappa shape index (κ2) is 9.07. The average Bonchev–Trinajstić information content (AvgIpc) is 3.09. The number of aliphatic hydroxyl groups is 1. The van der Waals surface area contributed by atoms with Gasteiger partial charge < -0.3 is 25.3 Å². The quantitative estimate of drug-likeness (QED) is 0.247. The number of aromatic nitrogens is 1. The van der Waals surface area contributed by atoms with Crippen molar-refractivity contribution in [2.24, 2.45) is 0 Å². The smallest absolute Gasteiger partial charge is 0.229 e. The number of fused-ring (bicyclic) bond motifs is 3. The lowest BCUT2D eigenvalue weighted by Crippen LogP contribution is -2.26. The second-order valence-electron chi connectivity index (χ2n) is 7.63. The van der Waals surface area contributed by atoms with Gasteiger partial charge >= 0.3 is 0 Å². The molecule has 0 bridgehead atoms. The van der Waals surface area contributed by atoms with Crippen LogP contribution in [-0.4, -0.2) is 49.6 Å². The van der Waals surface area contributed by atoms with E-state index in [2.05, 4.69) is 15.0 Å². The molecule has 1 aromatic heterocycles. The highest BCUT2D eigenvalue weighted by atomic mass is 32.2. The van der Waals surface area contributed by atoms with E-state index < -0.39 is 16.1 Å². The van der Waals surface area contributed by atoms with E-state index in [9.17, 15) is 18.6 Å². The van der Waals surface area contributed by atoms with Crippen molar-refractivity contribution in [3.05, 3.63) is 66.2 Å². The largest absolute Gasteiger partial charge is 0.508 e. The molecule has 4 rings (SSSR count). The summed E-state index contributed by atoms with van der Waals surface area (Å²) >= 11 is 0. The summed E-state index contributed by atoms with van der Waals surface area (Å²) in [6.07, 6.45) is 0.300. The zero-order valence-corrected chi connectivity index (χ0v) is 18.3. The number of phenols is 1. The Morgan fingerprint density at radius 3 is 2.69 bits per heavy atom. The Kier molecular flexibility index (Phi) is 6.22. The van der Waals surface area contributed by atoms with Gasteiger partial charge in [-0.05, 0) is 48.0 Å². The number of aliphatic hydroxyl groups excluding tert-OH is 1. The van der Waals surface area contributed by atoms with Gasteiger partial charge in [-0.25, -0.2) is 8.42 Å². The average molecular weight is 456 g/mol. The van der Waals surface area contributed by atoms with Crippen molar-refractivity contribution in [2.75, 3.05) is 30.7 Å². The van der Waals surface area contributed by atoms with Crippen molar-refractivity contribution >= 4 is 37.5 Å². The van der Waals surface area contributed by atoms with Gasteiger partial charge in [0.05, 0.1) is 17.9 Å². The first-order chi connectivity index (χ1) is 15.3. The van der Waals surface area contributed by atoms with Crippen molar-refractivity contribution in [2.45, 2.75) is 6.10 Å². The van der Waals surface area contributed by atoms with E-state index in [-0.39, 0.29) is 5.75 Å². The Hall–Kier alpha value is -3.27. The van der Waals surface area contributed by atoms with Crippen molar-refractivity contribution in [1.29, 1.82) is 0 Å². The van der Waals surface area contributed by atoms with Crippen LogP contribution in [0.3, 0.4) is 0 Å². The summed E-state index contributed by atoms with van der Waals surface area (Å²) in [7, 11) is -3.37. The minimum absolute atomic E-state index is 0.227. The Balaban J connectivity index is 1.28. The number of aromatic hydroxyl groups is 1. The van der Waals surface area contributed by atoms with E-state index >= 15 is 0 Å². The molecule has 0 aliphatic rings. The van der Waals surface area contributed by atoms with E-state index in [1.807, 2.05) is 24.3 Å². The van der Waals surface area contributed by atoms with Gasteiger partial charge in [-0.1, -0.05) is 12.1 Å². The third-order valence-electron chi connectivity index (χ3n) is 5.01. The maximum Gasteiger partial charge on any atom is 0.229 e. The van der Waals surface area contributed by atoms with Gasteiger partial charge in [0.15, 0.2) is 0 Å². The standard InChI is InChI=1S/C23H25N3O5S/c1-32(29,30)26-16-4-2-3-15(11-16)23(28)14-24-9-10-31-18-6-7-19-20-12-17(27)5-8-21(20)25-22(19)13-18/h2-8,11-13,23-28H,9-10,14H2,1H3. The molecule has 9 heteroatoms. The topological polar surface area (TPSA) is 124 Å². The number of benzene rings is 3. The molecule has 0 saturated heterocycles. The molecule has 0 aliphatic heterocycles. The van der Waals surface area contributed by atoms with E-state index in [1.165, 1.54) is 0 Å². The fourth-order valence-electron chi connectivity index (χ4n) is 3.58. The molecule has 8 nitrogen and oxygen atoms in total. The summed E-state index contributed by atoms with van der Waals surface area (Å²) in [5.41, 5.74) is 2.90. The number of hydrogen-bond acceptors (Lipinski definition) is 6. The van der Waals surface area contributed by atoms with Gasteiger partial charge in [-0.15, -0.1) is 0 Å². The Bertz CT molecular complexity index is 1350. The van der Waals surface area contributed by atoms with Gasteiger partial charge in [-0.3, -0.25) is 4.72 Å². The van der Waals surface area contributed by atoms with Crippen molar-refractivity contribution in [3.63, 3.8) is 0 Å². The first-order valence-corrected chi connectivity index (χ1v) is 12.0. The van der Waals surface area contributed by atoms with E-state index in [0.29, 0.717) is 30.9 Å². The van der Waals surface area contributed by atoms with E-state index in [1.54, 1.807) is 36.4 Å². The van der Waals surface area contributed by atoms with Crippen LogP contribution in [0.4, 0.5) is 5.69 Å². The highest BCUT2D eigenvalue weighted by molar-refractivity contribution is 7.92. The maximum absolute atomic E-state index is 11.4. The summed E-state index contributed by atoms with van der Waals surface area (Å²) < 4.78 is 30.9. The highest BCUT2D eigenvalue weighted by Crippen LogP contribution is 2.30. The van der Waals surface area contributed by atoms with Gasteiger partial charge in [0, 0.05) is 41.1 Å². The molecule has 1 heterocycles. The molecule has 0 amide bonds. The Labute approximate surface area is 185 Å². The number of hydrogen-bond donors (Lipinski definition) is 5. The van der Waals surface area contributed by atoms with Crippen LogP contribution in [-0.2, 0) is 10.0 Å². The number of ether oxygens (including phenoxy) is 1. The number of nitrogens with one attached hydrogen (secondary N) is 3. The normalized spacial score (nSPS) is 12.8. The summed E-state index contributed by atoms with van der Waals surface area (Å²) in [5.74, 6) is 0.945. The Morgan fingerprint density at radius 1 is 1.03 bits per heavy atom. The second-order valence-corrected chi connectivity index (χ2v) is 9.38. The molecule has 1 atom stereocenters. The van der Waals surface area contributed by atoms with Crippen molar-refractivity contribution in [1.82, 2.24) is 10.3 Å². The summed E-state index contributed by atoms with van der Waals surface area (Å²) in [4.78, 5) is 3.32. The predicted octanol–water partition coefficient (Wildman–Crippen LogP) is 3.10. The van der Waals surface area contributed by atoms with E-state index in [4.69, 9.17) is 4.74 Å². The molecule has 5 N–H and O–H groups in total. The third-order valence-corrected chi connectivity index (χ3v) is 5.62. The molecular weight excluding hydrogens is 430 g/mol. The monoisotopic (exact) mass is 455 g/mol. The first-order valence-electron chi connectivity index (χ1n) is 10.1. The van der Waals surface area contributed by atoms with Crippen LogP contribution < -0.4 is 14.8 Å². The maximum atomic E-state index is 11.4. The lowest BCUT2D eigenvalue weighted by Gasteiger charge is -2.14. The summed E-state index contributed by atoms with van der Waals surface area (Å²) in [6.45, 7) is 1.24. The van der Waals surface area contributed by atoms with Crippen LogP contribution in [0.15, 0.2) is 60.7 Å². The summed E-state index contributed by atoms with van der Waals surface area (Å²) in [5, 5.41) is 25.2. The molecule has 1 unspecified atom stereocenters. The van der Waals surface area contributed by atoms with Gasteiger partial charge in [0.25, 0.3) is 0 Å². The minimum atomic E-state index is -3.37. The summed E-state index contributed by atoms with van der Waals surface area (Å²) in [6, 6.07) is 17.7. The van der Waals surface area contributed by atoms with Crippen LogP contribution in [0.1, 0.15) is 11.7 Å². The zero-order valence-electron chi connectivity index (χ0n) is 17.5. The minimum Gasteiger partial charge on any atom is -0.508 e. The fourth-order valence-corrected chi connectivity index (χ4v) is 4.14. The van der Waals surface area contributed by atoms with Gasteiger partial charge in [-0.2, -0.15) is 0 Å². The number of rotatable bonds is 9. The third kappa shape index (κ3) is 5.31. The van der Waals surface area contributed by atoms with Gasteiger partial charge in [0.1, 0.15) is 18.1 Å². The molecule has 4 aromatic rings. The lowest BCUT2D eigenvalue weighted by molar-refractivity contribution is 0.172. The van der Waals surface area contributed by atoms with Crippen LogP contribution in [0.2, 0.25) is 0 Å². The number of sulfonamides is 1. The van der Waals surface area contributed by atoms with E-state index in [0.717, 1.165) is 33.8 Å². The predicted molar refractivity (Wildman–Crippen MR) is 126 cm³/mol.